The van der Waals surface area contributed by atoms with Crippen molar-refractivity contribution in [3.63, 3.8) is 0 Å². The fourth-order valence-electron chi connectivity index (χ4n) is 5.36. The third-order valence-corrected chi connectivity index (χ3v) is 7.69. The fourth-order valence-corrected chi connectivity index (χ4v) is 5.36. The van der Waals surface area contributed by atoms with Crippen molar-refractivity contribution in [1.82, 2.24) is 0 Å². The maximum Gasteiger partial charge on any atom is 0.171 e. The highest BCUT2D eigenvalue weighted by Crippen LogP contribution is 2.14. The van der Waals surface area contributed by atoms with Crippen LogP contribution in [0.1, 0.15) is 180 Å². The number of unbranched alkanes of at least 4 members (excludes halogenated alkanes) is 20. The number of pyridine rings is 1. The Bertz CT molecular complexity index is 531. The van der Waals surface area contributed by atoms with Crippen LogP contribution in [0.3, 0.4) is 0 Å². The second-order valence-corrected chi connectivity index (χ2v) is 11.4. The summed E-state index contributed by atoms with van der Waals surface area (Å²) in [6, 6.07) is 2.53. The summed E-state index contributed by atoms with van der Waals surface area (Å²) in [5.41, 5.74) is 3.17. The molecule has 0 bridgehead atoms. The molecule has 0 aliphatic rings. The quantitative estimate of drug-likeness (QED) is 0.0905. The van der Waals surface area contributed by atoms with Crippen molar-refractivity contribution in [2.45, 2.75) is 188 Å². The molecule has 0 N–H and O–H groups in total. The summed E-state index contributed by atoms with van der Waals surface area (Å²) in [7, 11) is 0. The van der Waals surface area contributed by atoms with E-state index >= 15 is 0 Å². The predicted molar refractivity (Wildman–Crippen MR) is 157 cm³/mol. The van der Waals surface area contributed by atoms with Gasteiger partial charge >= 0.3 is 0 Å². The van der Waals surface area contributed by atoms with Crippen LogP contribution in [0, 0.1) is 0 Å². The van der Waals surface area contributed by atoms with Crippen LogP contribution in [0.5, 0.6) is 0 Å². The summed E-state index contributed by atoms with van der Waals surface area (Å²) >= 11 is 0. The topological polar surface area (TPSA) is 3.88 Å². The molecule has 0 spiro atoms. The highest BCUT2D eigenvalue weighted by molar-refractivity contribution is 5.15. The first kappa shape index (κ1) is 32.2. The second-order valence-electron chi connectivity index (χ2n) is 11.4. The Morgan fingerprint density at radius 2 is 0.714 bits per heavy atom. The van der Waals surface area contributed by atoms with Crippen molar-refractivity contribution in [1.29, 1.82) is 0 Å². The van der Waals surface area contributed by atoms with E-state index in [4.69, 9.17) is 0 Å². The summed E-state index contributed by atoms with van der Waals surface area (Å²) in [5, 5.41) is 0. The van der Waals surface area contributed by atoms with Gasteiger partial charge in [-0.15, -0.1) is 0 Å². The summed E-state index contributed by atoms with van der Waals surface area (Å²) < 4.78 is 2.54. The number of hydrogen-bond acceptors (Lipinski definition) is 0. The zero-order valence-electron chi connectivity index (χ0n) is 24.6. The van der Waals surface area contributed by atoms with Crippen molar-refractivity contribution in [2.24, 2.45) is 0 Å². The molecule has 0 unspecified atom stereocenters. The average molecular weight is 487 g/mol. The van der Waals surface area contributed by atoms with Crippen molar-refractivity contribution < 1.29 is 4.57 Å². The first-order valence-electron chi connectivity index (χ1n) is 16.3. The Morgan fingerprint density at radius 3 is 1.09 bits per heavy atom. The van der Waals surface area contributed by atoms with E-state index < -0.39 is 0 Å². The van der Waals surface area contributed by atoms with E-state index in [1.807, 2.05) is 0 Å². The van der Waals surface area contributed by atoms with Gasteiger partial charge in [-0.3, -0.25) is 0 Å². The Labute approximate surface area is 221 Å². The first-order chi connectivity index (χ1) is 17.3. The molecule has 0 amide bonds. The van der Waals surface area contributed by atoms with Gasteiger partial charge in [0.2, 0.25) is 0 Å². The average Bonchev–Trinajstić information content (AvgIpc) is 2.86. The van der Waals surface area contributed by atoms with Gasteiger partial charge in [0.05, 0.1) is 0 Å². The second kappa shape index (κ2) is 24.8. The van der Waals surface area contributed by atoms with Crippen molar-refractivity contribution in [3.05, 3.63) is 29.6 Å². The number of hydrogen-bond donors (Lipinski definition) is 0. The van der Waals surface area contributed by atoms with E-state index in [1.54, 1.807) is 11.1 Å². The van der Waals surface area contributed by atoms with E-state index in [-0.39, 0.29) is 0 Å². The molecule has 1 aromatic heterocycles. The smallest absolute Gasteiger partial charge is 0.171 e. The Balaban J connectivity index is 2.27. The van der Waals surface area contributed by atoms with E-state index in [0.717, 1.165) is 0 Å². The van der Waals surface area contributed by atoms with E-state index in [2.05, 4.69) is 43.8 Å². The number of aryl methyl sites for hydroxylation is 3. The van der Waals surface area contributed by atoms with Gasteiger partial charge in [0.1, 0.15) is 6.54 Å². The zero-order chi connectivity index (χ0) is 25.2. The molecule has 1 heterocycles. The van der Waals surface area contributed by atoms with Crippen LogP contribution >= 0.6 is 0 Å². The lowest BCUT2D eigenvalue weighted by Crippen LogP contribution is -2.34. The van der Waals surface area contributed by atoms with Crippen LogP contribution in [-0.2, 0) is 19.4 Å². The highest BCUT2D eigenvalue weighted by Gasteiger charge is 2.08. The van der Waals surface area contributed by atoms with Gasteiger partial charge in [0.15, 0.2) is 12.4 Å². The zero-order valence-corrected chi connectivity index (χ0v) is 24.6. The van der Waals surface area contributed by atoms with Crippen LogP contribution in [0.2, 0.25) is 0 Å². The molecule has 0 aliphatic carbocycles. The third-order valence-electron chi connectivity index (χ3n) is 7.69. The normalized spacial score (nSPS) is 11.4. The van der Waals surface area contributed by atoms with Gasteiger partial charge in [-0.05, 0) is 38.2 Å². The largest absolute Gasteiger partial charge is 0.205 e. The molecule has 0 fully saturated rings. The minimum absolute atomic E-state index is 1.21. The van der Waals surface area contributed by atoms with Gasteiger partial charge in [0, 0.05) is 17.5 Å². The summed E-state index contributed by atoms with van der Waals surface area (Å²) in [6.07, 6.45) is 40.0. The van der Waals surface area contributed by atoms with Gasteiger partial charge in [-0.25, -0.2) is 4.57 Å². The molecule has 0 saturated heterocycles. The summed E-state index contributed by atoms with van der Waals surface area (Å²) in [6.45, 7) is 8.14. The molecule has 204 valence electrons. The number of aromatic nitrogens is 1. The molecule has 0 atom stereocenters. The van der Waals surface area contributed by atoms with Gasteiger partial charge in [-0.2, -0.15) is 0 Å². The Hall–Kier alpha value is -0.850. The molecule has 0 aromatic carbocycles. The van der Waals surface area contributed by atoms with Crippen LogP contribution in [0.4, 0.5) is 0 Å². The lowest BCUT2D eigenvalue weighted by molar-refractivity contribution is -0.698. The van der Waals surface area contributed by atoms with Crippen molar-refractivity contribution >= 4 is 0 Å². The highest BCUT2D eigenvalue weighted by atomic mass is 14.9. The molecule has 0 aliphatic heterocycles. The van der Waals surface area contributed by atoms with Crippen LogP contribution in [-0.4, -0.2) is 0 Å². The van der Waals surface area contributed by atoms with Gasteiger partial charge in [0.25, 0.3) is 0 Å². The lowest BCUT2D eigenvalue weighted by atomic mass is 10.0. The van der Waals surface area contributed by atoms with Crippen molar-refractivity contribution in [3.8, 4) is 0 Å². The molecular weight excluding hydrogens is 422 g/mol. The summed E-state index contributed by atoms with van der Waals surface area (Å²) in [5.74, 6) is 0. The molecule has 0 radical (unpaired) electrons. The Morgan fingerprint density at radius 1 is 0.400 bits per heavy atom. The third kappa shape index (κ3) is 20.0. The molecule has 1 aromatic rings. The van der Waals surface area contributed by atoms with Crippen LogP contribution in [0.15, 0.2) is 18.5 Å². The molecular formula is C34H64N+. The SMILES string of the molecule is CCCCCCCCCCCCCCC[n+]1cc(CCCCCCC)cc(CCCCCCC)c1. The van der Waals surface area contributed by atoms with E-state index in [0.29, 0.717) is 0 Å². The summed E-state index contributed by atoms with van der Waals surface area (Å²) in [4.78, 5) is 0. The van der Waals surface area contributed by atoms with E-state index in [1.165, 1.54) is 167 Å². The maximum atomic E-state index is 2.54. The van der Waals surface area contributed by atoms with Gasteiger partial charge in [-0.1, -0.05) is 143 Å². The minimum atomic E-state index is 1.21. The molecule has 1 rings (SSSR count). The molecule has 1 heteroatoms. The minimum Gasteiger partial charge on any atom is -0.205 e. The van der Waals surface area contributed by atoms with Crippen LogP contribution in [0.25, 0.3) is 0 Å². The van der Waals surface area contributed by atoms with Crippen molar-refractivity contribution in [2.75, 3.05) is 0 Å². The standard InChI is InChI=1S/C34H64N/c1-4-7-10-13-14-15-16-17-18-19-20-23-26-29-35-31-33(27-24-21-11-8-5-2)30-34(32-35)28-25-22-12-9-6-3/h30-32H,4-29H2,1-3H3/q+1. The lowest BCUT2D eigenvalue weighted by Gasteiger charge is -2.07. The van der Waals surface area contributed by atoms with E-state index in [9.17, 15) is 0 Å². The predicted octanol–water partition coefficient (Wildman–Crippen LogP) is 11.1. The monoisotopic (exact) mass is 487 g/mol. The van der Waals surface area contributed by atoms with Crippen LogP contribution < -0.4 is 4.57 Å². The number of rotatable bonds is 26. The van der Waals surface area contributed by atoms with Gasteiger partial charge < -0.3 is 0 Å². The first-order valence-corrected chi connectivity index (χ1v) is 16.3. The molecule has 0 saturated carbocycles. The Kier molecular flexibility index (Phi) is 22.8. The molecule has 35 heavy (non-hydrogen) atoms. The maximum absolute atomic E-state index is 2.54. The molecule has 1 nitrogen and oxygen atoms in total. The number of nitrogens with zero attached hydrogens (tertiary/aromatic N) is 1. The fraction of sp³-hybridized carbons (Fsp3) is 0.853.